The highest BCUT2D eigenvalue weighted by Gasteiger charge is 2.50. The van der Waals surface area contributed by atoms with Crippen LogP contribution in [-0.2, 0) is 29.7 Å². The van der Waals surface area contributed by atoms with Crippen LogP contribution in [0, 0.1) is 0 Å². The standard InChI is InChI=1S/C37H36NO2P.C24H23NO.C13H13OP.C4H8O/c39-36(29-41(40,33-23-12-4-13-24-33)34-25-14-5-15-26-34)35-27-16-28-38(35)37(30-17-6-1-7-18-30,31-19-8-2-9-20-31)32-21-10-3-11-22-32;26-19-23-17-10-18-25(23)24(20-11-4-1-5-12-20,21-13-6-2-7-14-21)22-15-8-3-9-16-22;1-15(14,12-8-4-2-5-9-12)13-10-6-3-7-11-13;1-2-4-5-3-1/h1-15,17-26,35-36,39H,16,27-29H2;1-9,11-16,19,23H,10,17-18H2;2-11H,1H3;1-4H2/t35-,36?;23-;;/m00../s1. The smallest absolute Gasteiger partial charge is 0.145 e. The molecule has 10 aromatic carbocycles. The molecule has 0 aromatic heterocycles. The van der Waals surface area contributed by atoms with Crippen molar-refractivity contribution in [1.82, 2.24) is 9.80 Å². The lowest BCUT2D eigenvalue weighted by molar-refractivity contribution is -0.112. The molecule has 7 nitrogen and oxygen atoms in total. The summed E-state index contributed by atoms with van der Waals surface area (Å²) >= 11 is 0. The zero-order chi connectivity index (χ0) is 60.2. The third-order valence-electron chi connectivity index (χ3n) is 17.3. The number of nitrogens with zero attached hydrogens (tertiary/aromatic N) is 2. The first-order valence-corrected chi connectivity index (χ1v) is 34.7. The Hall–Kier alpha value is -7.83. The number of aldehydes is 1. The van der Waals surface area contributed by atoms with Gasteiger partial charge in [0, 0.05) is 59.7 Å². The predicted molar refractivity (Wildman–Crippen MR) is 360 cm³/mol. The molecule has 0 saturated carbocycles. The Labute approximate surface area is 516 Å². The van der Waals surface area contributed by atoms with Gasteiger partial charge in [-0.3, -0.25) is 9.80 Å². The summed E-state index contributed by atoms with van der Waals surface area (Å²) in [5.74, 6) is 0. The molecule has 3 aliphatic heterocycles. The summed E-state index contributed by atoms with van der Waals surface area (Å²) in [4.78, 5) is 16.8. The number of likely N-dealkylation sites (tertiary alicyclic amines) is 2. The highest BCUT2D eigenvalue weighted by atomic mass is 31.2. The number of hydrogen-bond donors (Lipinski definition) is 1. The van der Waals surface area contributed by atoms with Crippen molar-refractivity contribution in [2.24, 2.45) is 0 Å². The number of ether oxygens (including phenoxy) is 1. The van der Waals surface area contributed by atoms with Crippen LogP contribution < -0.4 is 21.2 Å². The highest BCUT2D eigenvalue weighted by molar-refractivity contribution is 7.78. The van der Waals surface area contributed by atoms with E-state index in [9.17, 15) is 19.0 Å². The topological polar surface area (TPSA) is 87.2 Å². The van der Waals surface area contributed by atoms with Gasteiger partial charge in [0.05, 0.1) is 23.2 Å². The van der Waals surface area contributed by atoms with Crippen LogP contribution in [0.1, 0.15) is 71.9 Å². The minimum atomic E-state index is -3.10. The molecule has 0 bridgehead atoms. The lowest BCUT2D eigenvalue weighted by Gasteiger charge is -2.48. The highest BCUT2D eigenvalue weighted by Crippen LogP contribution is 2.50. The van der Waals surface area contributed by atoms with E-state index in [-0.39, 0.29) is 18.2 Å². The Balaban J connectivity index is 0.000000153. The number of aliphatic hydroxyl groups excluding tert-OH is 1. The van der Waals surface area contributed by atoms with Crippen molar-refractivity contribution in [1.29, 1.82) is 0 Å². The number of carbonyl (C=O) groups excluding carboxylic acids is 1. The summed E-state index contributed by atoms with van der Waals surface area (Å²) in [7, 11) is -5.50. The van der Waals surface area contributed by atoms with E-state index in [1.807, 2.05) is 146 Å². The van der Waals surface area contributed by atoms with Gasteiger partial charge in [0.15, 0.2) is 0 Å². The second-order valence-electron chi connectivity index (χ2n) is 22.6. The lowest BCUT2D eigenvalue weighted by atomic mass is 9.75. The van der Waals surface area contributed by atoms with Gasteiger partial charge < -0.3 is 23.8 Å². The number of rotatable bonds is 16. The van der Waals surface area contributed by atoms with Crippen LogP contribution in [-0.4, -0.2) is 78.5 Å². The first kappa shape index (κ1) is 62.2. The molecule has 0 radical (unpaired) electrons. The molecule has 3 heterocycles. The molecule has 442 valence electrons. The number of aliphatic hydroxyl groups is 1. The fraction of sp³-hybridized carbons (Fsp3) is 0.218. The van der Waals surface area contributed by atoms with E-state index in [1.54, 1.807) is 0 Å². The molecule has 3 atom stereocenters. The molecule has 1 unspecified atom stereocenters. The van der Waals surface area contributed by atoms with E-state index in [0.29, 0.717) is 0 Å². The van der Waals surface area contributed by atoms with Gasteiger partial charge in [-0.15, -0.1) is 0 Å². The number of benzene rings is 10. The van der Waals surface area contributed by atoms with Crippen molar-refractivity contribution < 1.29 is 23.8 Å². The molecular formula is C78H80N2O5P2. The fourth-order valence-electron chi connectivity index (χ4n) is 13.2. The van der Waals surface area contributed by atoms with E-state index in [0.717, 1.165) is 96.2 Å². The summed E-state index contributed by atoms with van der Waals surface area (Å²) in [6.07, 6.45) is 6.82. The van der Waals surface area contributed by atoms with Crippen molar-refractivity contribution in [2.75, 3.05) is 39.1 Å². The van der Waals surface area contributed by atoms with E-state index in [1.165, 1.54) is 29.5 Å². The summed E-state index contributed by atoms with van der Waals surface area (Å²) < 4.78 is 32.5. The normalized spacial score (nSPS) is 16.6. The summed E-state index contributed by atoms with van der Waals surface area (Å²) in [6.45, 7) is 5.54. The van der Waals surface area contributed by atoms with Gasteiger partial charge in [-0.1, -0.05) is 303 Å². The van der Waals surface area contributed by atoms with Gasteiger partial charge in [-0.05, 0) is 78.6 Å². The van der Waals surface area contributed by atoms with Gasteiger partial charge in [0.2, 0.25) is 0 Å². The first-order valence-electron chi connectivity index (χ1n) is 30.7. The van der Waals surface area contributed by atoms with Gasteiger partial charge >= 0.3 is 0 Å². The molecule has 10 aromatic rings. The molecule has 3 saturated heterocycles. The minimum Gasteiger partial charge on any atom is -0.391 e. The van der Waals surface area contributed by atoms with Gasteiger partial charge in [0.1, 0.15) is 20.6 Å². The molecule has 0 aliphatic carbocycles. The lowest BCUT2D eigenvalue weighted by Crippen LogP contribution is -2.54. The molecular weight excluding hydrogens is 1110 g/mol. The van der Waals surface area contributed by atoms with Crippen LogP contribution in [0.15, 0.2) is 303 Å². The Morgan fingerprint density at radius 3 is 0.989 bits per heavy atom. The second-order valence-corrected chi connectivity index (χ2v) is 28.4. The summed E-state index contributed by atoms with van der Waals surface area (Å²) in [6, 6.07) is 102. The predicted octanol–water partition coefficient (Wildman–Crippen LogP) is 14.9. The maximum Gasteiger partial charge on any atom is 0.145 e. The summed E-state index contributed by atoms with van der Waals surface area (Å²) in [5, 5.41) is 15.6. The van der Waals surface area contributed by atoms with E-state index < -0.39 is 31.5 Å². The molecule has 3 aliphatic rings. The van der Waals surface area contributed by atoms with E-state index in [2.05, 4.69) is 174 Å². The molecule has 87 heavy (non-hydrogen) atoms. The number of carbonyl (C=O) groups is 1. The molecule has 0 amide bonds. The van der Waals surface area contributed by atoms with Crippen molar-refractivity contribution in [3.8, 4) is 0 Å². The summed E-state index contributed by atoms with van der Waals surface area (Å²) in [5.41, 5.74) is 5.99. The third-order valence-corrected chi connectivity index (χ3v) is 23.0. The van der Waals surface area contributed by atoms with E-state index >= 15 is 0 Å². The van der Waals surface area contributed by atoms with Crippen LogP contribution in [0.3, 0.4) is 0 Å². The van der Waals surface area contributed by atoms with Crippen molar-refractivity contribution >= 4 is 41.8 Å². The van der Waals surface area contributed by atoms with Gasteiger partial charge in [-0.25, -0.2) is 0 Å². The minimum absolute atomic E-state index is 0.0735. The van der Waals surface area contributed by atoms with Crippen LogP contribution in [0.4, 0.5) is 0 Å². The van der Waals surface area contributed by atoms with Crippen LogP contribution in [0.25, 0.3) is 0 Å². The van der Waals surface area contributed by atoms with Crippen LogP contribution in [0.5, 0.6) is 0 Å². The van der Waals surface area contributed by atoms with Gasteiger partial charge in [-0.2, -0.15) is 0 Å². The van der Waals surface area contributed by atoms with Crippen molar-refractivity contribution in [3.63, 3.8) is 0 Å². The Morgan fingerprint density at radius 1 is 0.414 bits per heavy atom. The fourth-order valence-corrected chi connectivity index (χ4v) is 17.8. The SMILES string of the molecule is C1CCOC1.CP(=O)(c1ccccc1)c1ccccc1.O=C[C@@H]1CCCN1C(c1ccccc1)(c1ccccc1)c1ccccc1.O=P(CC(O)[C@@H]1CCCN1C(c1ccccc1)(c1ccccc1)c1ccccc1)(c1ccccc1)c1ccccc1. The van der Waals surface area contributed by atoms with Crippen LogP contribution in [0.2, 0.25) is 0 Å². The monoisotopic (exact) mass is 1190 g/mol. The Morgan fingerprint density at radius 2 is 0.690 bits per heavy atom. The average molecular weight is 1190 g/mol. The Bertz CT molecular complexity index is 3430. The largest absolute Gasteiger partial charge is 0.391 e. The second kappa shape index (κ2) is 30.2. The Kier molecular flexibility index (Phi) is 21.6. The van der Waals surface area contributed by atoms with E-state index in [4.69, 9.17) is 4.74 Å². The van der Waals surface area contributed by atoms with Crippen molar-refractivity contribution in [3.05, 3.63) is 337 Å². The molecule has 13 rings (SSSR count). The van der Waals surface area contributed by atoms with Crippen LogP contribution >= 0.6 is 14.3 Å². The first-order chi connectivity index (χ1) is 42.7. The molecule has 1 N–H and O–H groups in total. The molecule has 9 heteroatoms. The third kappa shape index (κ3) is 14.0. The van der Waals surface area contributed by atoms with Gasteiger partial charge in [0.25, 0.3) is 0 Å². The maximum atomic E-state index is 15.0. The average Bonchev–Trinajstić information content (AvgIpc) is 2.33. The van der Waals surface area contributed by atoms with Crippen molar-refractivity contribution in [2.45, 2.75) is 67.8 Å². The molecule has 3 fully saturated rings. The zero-order valence-corrected chi connectivity index (χ0v) is 51.6. The zero-order valence-electron chi connectivity index (χ0n) is 49.8. The number of hydrogen-bond acceptors (Lipinski definition) is 7. The quantitative estimate of drug-likeness (QED) is 0.0586. The molecule has 0 spiro atoms. The maximum absolute atomic E-state index is 15.0.